The molecule has 2 aliphatic rings. The zero-order valence-corrected chi connectivity index (χ0v) is 25.6. The Labute approximate surface area is 269 Å². The summed E-state index contributed by atoms with van der Waals surface area (Å²) in [6.07, 6.45) is -7.53. The number of benzene rings is 2. The Morgan fingerprint density at radius 3 is 1.39 bits per heavy atom. The number of nitrogen functional groups attached to an aromatic ring is 3. The fraction of sp³-hybridized carbons (Fsp3) is 0.500. The van der Waals surface area contributed by atoms with Crippen LogP contribution in [0.15, 0.2) is 24.3 Å². The van der Waals surface area contributed by atoms with E-state index in [0.29, 0.717) is 0 Å². The van der Waals surface area contributed by atoms with E-state index in [4.69, 9.17) is 40.4 Å². The lowest BCUT2D eigenvalue weighted by atomic mass is 9.85. The second kappa shape index (κ2) is 14.8. The summed E-state index contributed by atoms with van der Waals surface area (Å²) in [4.78, 5) is 34.5. The third-order valence-electron chi connectivity index (χ3n) is 8.03. The molecule has 2 aromatic carbocycles. The number of nitro groups is 1. The molecule has 46 heavy (non-hydrogen) atoms. The number of rotatable bonds is 5. The highest BCUT2D eigenvalue weighted by Gasteiger charge is 2.42. The van der Waals surface area contributed by atoms with Crippen LogP contribution in [0.4, 0.5) is 49.1 Å². The molecular weight excluding hydrogens is 669 g/mol. The zero-order valence-electron chi connectivity index (χ0n) is 24.1. The molecule has 2 aromatic rings. The normalized spacial score (nSPS) is 21.8. The lowest BCUT2D eigenvalue weighted by Gasteiger charge is -2.30. The van der Waals surface area contributed by atoms with Crippen LogP contribution in [-0.2, 0) is 0 Å². The molecule has 18 heteroatoms. The predicted octanol–water partition coefficient (Wildman–Crippen LogP) is 7.04. The van der Waals surface area contributed by atoms with Crippen molar-refractivity contribution in [2.24, 2.45) is 11.8 Å². The van der Waals surface area contributed by atoms with Gasteiger partial charge in [-0.3, -0.25) is 19.7 Å². The average Bonchev–Trinajstić information content (AvgIpc) is 2.94. The standard InChI is InChI=1S/C14H15ClF3N3O3.C14H17ClF3N3O/c15-10-6-11(19)12(21(23)24)5-9(10)13(22)20-8-3-1-7(2-4-8)14(16,17)18;15-10-6-12(20)11(19)5-9(10)13(22)21-8-3-1-7(2-4-8)14(16,17)18/h5-8H,1-4,19H2,(H,20,22);5-8H,1-4,19-20H2,(H,21,22). The van der Waals surface area contributed by atoms with Crippen molar-refractivity contribution < 1.29 is 40.9 Å². The lowest BCUT2D eigenvalue weighted by Crippen LogP contribution is -2.40. The summed E-state index contributed by atoms with van der Waals surface area (Å²) in [6, 6.07) is 4.11. The Morgan fingerprint density at radius 2 is 1.02 bits per heavy atom. The Hall–Kier alpha value is -3.66. The highest BCUT2D eigenvalue weighted by molar-refractivity contribution is 6.34. The summed E-state index contributed by atoms with van der Waals surface area (Å²) in [5, 5.41) is 16.3. The minimum absolute atomic E-state index is 0.0199. The van der Waals surface area contributed by atoms with E-state index < -0.39 is 52.7 Å². The van der Waals surface area contributed by atoms with Gasteiger partial charge in [-0.05, 0) is 69.6 Å². The first kappa shape index (κ1) is 36.8. The Bertz CT molecular complexity index is 1440. The molecule has 4 rings (SSSR count). The van der Waals surface area contributed by atoms with Crippen LogP contribution in [0.2, 0.25) is 10.0 Å². The summed E-state index contributed by atoms with van der Waals surface area (Å²) in [7, 11) is 0. The summed E-state index contributed by atoms with van der Waals surface area (Å²) in [5.74, 6) is -3.76. The van der Waals surface area contributed by atoms with E-state index in [9.17, 15) is 46.0 Å². The number of nitrogens with zero attached hydrogens (tertiary/aromatic N) is 1. The van der Waals surface area contributed by atoms with Crippen LogP contribution in [0.5, 0.6) is 0 Å². The maximum absolute atomic E-state index is 12.6. The van der Waals surface area contributed by atoms with Crippen LogP contribution in [0.1, 0.15) is 72.1 Å². The highest BCUT2D eigenvalue weighted by Crippen LogP contribution is 2.39. The molecule has 8 N–H and O–H groups in total. The quantitative estimate of drug-likeness (QED) is 0.0960. The molecule has 0 heterocycles. The van der Waals surface area contributed by atoms with Crippen LogP contribution in [-0.4, -0.2) is 41.2 Å². The molecule has 0 aromatic heterocycles. The molecule has 2 saturated carbocycles. The third-order valence-corrected chi connectivity index (χ3v) is 8.65. The van der Waals surface area contributed by atoms with Gasteiger partial charge in [0.15, 0.2) is 0 Å². The van der Waals surface area contributed by atoms with Crippen molar-refractivity contribution in [3.8, 4) is 0 Å². The summed E-state index contributed by atoms with van der Waals surface area (Å²) in [6.45, 7) is 0. The first-order valence-electron chi connectivity index (χ1n) is 14.1. The van der Waals surface area contributed by atoms with Crippen molar-refractivity contribution in [2.45, 2.75) is 75.8 Å². The van der Waals surface area contributed by atoms with Gasteiger partial charge in [0.1, 0.15) is 5.69 Å². The maximum Gasteiger partial charge on any atom is 0.391 e. The van der Waals surface area contributed by atoms with Gasteiger partial charge in [-0.2, -0.15) is 26.3 Å². The van der Waals surface area contributed by atoms with Gasteiger partial charge in [0, 0.05) is 18.2 Å². The van der Waals surface area contributed by atoms with Crippen molar-refractivity contribution in [3.63, 3.8) is 0 Å². The Kier molecular flexibility index (Phi) is 11.9. The van der Waals surface area contributed by atoms with E-state index in [1.807, 2.05) is 0 Å². The van der Waals surface area contributed by atoms with Gasteiger partial charge in [0.2, 0.25) is 0 Å². The second-order valence-corrected chi connectivity index (χ2v) is 12.1. The maximum atomic E-state index is 12.6. The van der Waals surface area contributed by atoms with Crippen LogP contribution in [0.3, 0.4) is 0 Å². The fourth-order valence-electron chi connectivity index (χ4n) is 5.35. The predicted molar refractivity (Wildman–Crippen MR) is 161 cm³/mol. The van der Waals surface area contributed by atoms with Crippen LogP contribution in [0, 0.1) is 22.0 Å². The number of carbonyl (C=O) groups excluding carboxylic acids is 2. The molecule has 0 saturated heterocycles. The SMILES string of the molecule is Nc1cc(Cl)c(C(=O)NC2CCC(C(F)(F)F)CC2)cc1N.Nc1cc(Cl)c(C(=O)NC2CCC(C(F)(F)F)CC2)cc1[N+](=O)[O-]. The fourth-order valence-corrected chi connectivity index (χ4v) is 5.86. The Morgan fingerprint density at radius 1 is 0.674 bits per heavy atom. The van der Waals surface area contributed by atoms with Crippen molar-refractivity contribution in [2.75, 3.05) is 17.2 Å². The molecule has 254 valence electrons. The number of halogens is 8. The molecule has 0 aliphatic heterocycles. The van der Waals surface area contributed by atoms with Gasteiger partial charge < -0.3 is 27.8 Å². The van der Waals surface area contributed by atoms with E-state index >= 15 is 0 Å². The van der Waals surface area contributed by atoms with E-state index in [-0.39, 0.29) is 95.6 Å². The molecular formula is C28H32Cl2F6N6O4. The van der Waals surface area contributed by atoms with Crippen molar-refractivity contribution in [3.05, 3.63) is 55.6 Å². The number of nitrogens with two attached hydrogens (primary N) is 3. The topological polar surface area (TPSA) is 179 Å². The van der Waals surface area contributed by atoms with Crippen molar-refractivity contribution in [1.29, 1.82) is 0 Å². The smallest absolute Gasteiger partial charge is 0.391 e. The number of nitro benzene ring substituents is 1. The average molecular weight is 701 g/mol. The zero-order chi connectivity index (χ0) is 34.6. The molecule has 2 amide bonds. The molecule has 10 nitrogen and oxygen atoms in total. The largest absolute Gasteiger partial charge is 0.397 e. The number of carbonyl (C=O) groups is 2. The monoisotopic (exact) mass is 700 g/mol. The van der Waals surface area contributed by atoms with Gasteiger partial charge in [-0.15, -0.1) is 0 Å². The van der Waals surface area contributed by atoms with Crippen LogP contribution < -0.4 is 27.8 Å². The number of hydrogen-bond donors (Lipinski definition) is 5. The molecule has 2 aliphatic carbocycles. The Balaban J connectivity index is 0.000000251. The van der Waals surface area contributed by atoms with Crippen LogP contribution in [0.25, 0.3) is 0 Å². The third kappa shape index (κ3) is 9.67. The summed E-state index contributed by atoms with van der Waals surface area (Å²) in [5.41, 5.74) is 16.6. The number of alkyl halides is 6. The minimum Gasteiger partial charge on any atom is -0.397 e. The highest BCUT2D eigenvalue weighted by atomic mass is 35.5. The van der Waals surface area contributed by atoms with Crippen molar-refractivity contribution >= 4 is 57.8 Å². The molecule has 0 radical (unpaired) electrons. The molecule has 0 bridgehead atoms. The van der Waals surface area contributed by atoms with E-state index in [1.165, 1.54) is 12.1 Å². The second-order valence-electron chi connectivity index (χ2n) is 11.2. The van der Waals surface area contributed by atoms with Gasteiger partial charge >= 0.3 is 12.4 Å². The molecule has 0 unspecified atom stereocenters. The number of nitrogens with one attached hydrogen (secondary N) is 2. The van der Waals surface area contributed by atoms with Gasteiger partial charge in [-0.25, -0.2) is 0 Å². The molecule has 0 atom stereocenters. The number of hydrogen-bond acceptors (Lipinski definition) is 7. The van der Waals surface area contributed by atoms with E-state index in [0.717, 1.165) is 12.1 Å². The number of anilines is 3. The van der Waals surface area contributed by atoms with Crippen molar-refractivity contribution in [1.82, 2.24) is 10.6 Å². The number of amides is 2. The van der Waals surface area contributed by atoms with Crippen LogP contribution >= 0.6 is 23.2 Å². The first-order valence-corrected chi connectivity index (χ1v) is 14.9. The lowest BCUT2D eigenvalue weighted by molar-refractivity contribution is -0.383. The summed E-state index contributed by atoms with van der Waals surface area (Å²) >= 11 is 11.8. The van der Waals surface area contributed by atoms with E-state index in [1.54, 1.807) is 0 Å². The van der Waals surface area contributed by atoms with Gasteiger partial charge in [0.05, 0.1) is 49.3 Å². The van der Waals surface area contributed by atoms with Gasteiger partial charge in [0.25, 0.3) is 17.5 Å². The minimum atomic E-state index is -4.23. The van der Waals surface area contributed by atoms with E-state index in [2.05, 4.69) is 10.6 Å². The van der Waals surface area contributed by atoms with Gasteiger partial charge in [-0.1, -0.05) is 23.2 Å². The molecule has 0 spiro atoms. The summed E-state index contributed by atoms with van der Waals surface area (Å²) < 4.78 is 75.7. The first-order chi connectivity index (χ1) is 21.3. The molecule has 2 fully saturated rings.